The van der Waals surface area contributed by atoms with E-state index < -0.39 is 21.0 Å². The normalized spacial score (nSPS) is 19.6. The first kappa shape index (κ1) is 23.4. The summed E-state index contributed by atoms with van der Waals surface area (Å²) in [7, 11) is -4.82. The lowest BCUT2D eigenvalue weighted by Gasteiger charge is -2.30. The third kappa shape index (κ3) is 4.27. The largest absolute Gasteiger partial charge is 0.364 e. The Bertz CT molecular complexity index is 1750. The first-order valence-corrected chi connectivity index (χ1v) is 13.6. The molecule has 1 N–H and O–H groups in total. The molecule has 1 aliphatic heterocycles. The molecular weight excluding hydrogens is 485 g/mol. The highest BCUT2D eigenvalue weighted by Gasteiger charge is 2.31. The van der Waals surface area contributed by atoms with Crippen LogP contribution in [0.1, 0.15) is 33.8 Å². The van der Waals surface area contributed by atoms with Crippen LogP contribution in [0.3, 0.4) is 0 Å². The maximum atomic E-state index is 13.7. The fourth-order valence-corrected chi connectivity index (χ4v) is 6.04. The fraction of sp³-hybridized carbons (Fsp3) is 0.129. The number of benzene rings is 3. The molecule has 0 radical (unpaired) electrons. The van der Waals surface area contributed by atoms with Gasteiger partial charge in [-0.15, -0.1) is 3.89 Å². The molecule has 0 saturated carbocycles. The summed E-state index contributed by atoms with van der Waals surface area (Å²) in [5.41, 5.74) is 6.18. The average molecular weight is 510 g/mol. The van der Waals surface area contributed by atoms with Crippen molar-refractivity contribution in [3.05, 3.63) is 124 Å². The monoisotopic (exact) mass is 509 g/mol. The number of nitrogens with one attached hydrogen (secondary N) is 1. The third-order valence-electron chi connectivity index (χ3n) is 7.36. The lowest BCUT2D eigenvalue weighted by molar-refractivity contribution is 0.0943. The average Bonchev–Trinajstić information content (AvgIpc) is 3.21. The summed E-state index contributed by atoms with van der Waals surface area (Å²) >= 11 is 0. The van der Waals surface area contributed by atoms with E-state index in [9.17, 15) is 17.1 Å². The van der Waals surface area contributed by atoms with E-state index in [4.69, 9.17) is 0 Å². The summed E-state index contributed by atoms with van der Waals surface area (Å²) in [4.78, 5) is 13.2. The Morgan fingerprint density at radius 1 is 0.892 bits per heavy atom. The molecule has 4 nitrogen and oxygen atoms in total. The van der Waals surface area contributed by atoms with Gasteiger partial charge in [-0.3, -0.25) is 4.79 Å². The van der Waals surface area contributed by atoms with Gasteiger partial charge < -0.3 is 5.32 Å². The molecule has 0 bridgehead atoms. The number of carbonyl (C=O) groups excluding carboxylic acids is 1. The zero-order valence-corrected chi connectivity index (χ0v) is 20.7. The first-order valence-electron chi connectivity index (χ1n) is 12.2. The van der Waals surface area contributed by atoms with Crippen molar-refractivity contribution in [2.24, 2.45) is 5.92 Å². The van der Waals surface area contributed by atoms with Gasteiger partial charge in [0.25, 0.3) is 0 Å². The molecule has 3 aromatic carbocycles. The smallest absolute Gasteiger partial charge is 0.332 e. The number of fused-ring (bicyclic) bond motifs is 5. The Morgan fingerprint density at radius 3 is 2.51 bits per heavy atom. The number of halogens is 1. The molecule has 0 aromatic heterocycles. The predicted octanol–water partition coefficient (Wildman–Crippen LogP) is 4.67. The summed E-state index contributed by atoms with van der Waals surface area (Å²) in [6, 6.07) is 17.8. The van der Waals surface area contributed by atoms with Gasteiger partial charge in [-0.1, -0.05) is 72.8 Å². The zero-order chi connectivity index (χ0) is 25.6. The van der Waals surface area contributed by atoms with Gasteiger partial charge >= 0.3 is 10.2 Å². The van der Waals surface area contributed by atoms with Gasteiger partial charge in [-0.2, -0.15) is 8.42 Å². The van der Waals surface area contributed by atoms with Crippen molar-refractivity contribution in [3.8, 4) is 11.1 Å². The molecule has 6 heteroatoms. The van der Waals surface area contributed by atoms with E-state index in [-0.39, 0.29) is 11.7 Å². The topological polar surface area (TPSA) is 63.2 Å². The van der Waals surface area contributed by atoms with Gasteiger partial charge in [-0.25, -0.2) is 0 Å². The Kier molecular flexibility index (Phi) is 5.76. The van der Waals surface area contributed by atoms with Crippen LogP contribution >= 0.6 is 0 Å². The lowest BCUT2D eigenvalue weighted by Crippen LogP contribution is -2.39. The van der Waals surface area contributed by atoms with Crippen LogP contribution in [-0.4, -0.2) is 14.2 Å². The van der Waals surface area contributed by atoms with Crippen molar-refractivity contribution in [1.82, 2.24) is 5.32 Å². The molecule has 184 valence electrons. The quantitative estimate of drug-likeness (QED) is 0.410. The minimum atomic E-state index is -4.82. The Balaban J connectivity index is 1.50. The molecular formula is C31H24FNO3S. The van der Waals surface area contributed by atoms with Gasteiger partial charge in [-0.05, 0) is 69.8 Å². The van der Waals surface area contributed by atoms with Gasteiger partial charge in [0.1, 0.15) is 0 Å². The summed E-state index contributed by atoms with van der Waals surface area (Å²) in [5.74, 6) is -0.586. The molecule has 6 rings (SSSR count). The first-order chi connectivity index (χ1) is 17.9. The Hall–Kier alpha value is -4.03. The molecule has 3 aliphatic rings. The molecule has 2 unspecified atom stereocenters. The second kappa shape index (κ2) is 9.12. The van der Waals surface area contributed by atoms with Crippen molar-refractivity contribution in [1.29, 1.82) is 0 Å². The van der Waals surface area contributed by atoms with Crippen LogP contribution in [0.25, 0.3) is 23.3 Å². The number of allylic oxidation sites excluding steroid dienone is 5. The molecule has 2 aliphatic carbocycles. The number of ketones is 1. The molecule has 0 fully saturated rings. The molecule has 2 atom stereocenters. The third-order valence-corrected chi connectivity index (χ3v) is 8.20. The maximum absolute atomic E-state index is 13.7. The number of Topliss-reactive ketones (excluding diaryl/α,β-unsaturated/α-hetero) is 1. The van der Waals surface area contributed by atoms with Crippen LogP contribution in [0.4, 0.5) is 3.89 Å². The molecule has 0 spiro atoms. The second-order valence-electron chi connectivity index (χ2n) is 9.49. The van der Waals surface area contributed by atoms with Crippen LogP contribution in [0.15, 0.2) is 102 Å². The molecule has 0 amide bonds. The highest BCUT2D eigenvalue weighted by molar-refractivity contribution is 7.86. The van der Waals surface area contributed by atoms with Crippen molar-refractivity contribution < 1.29 is 17.1 Å². The summed E-state index contributed by atoms with van der Waals surface area (Å²) < 4.78 is 35.9. The lowest BCUT2D eigenvalue weighted by atomic mass is 9.75. The minimum absolute atomic E-state index is 0.0392. The highest BCUT2D eigenvalue weighted by Crippen LogP contribution is 2.35. The van der Waals surface area contributed by atoms with E-state index in [1.807, 2.05) is 36.6 Å². The van der Waals surface area contributed by atoms with E-state index in [2.05, 4.69) is 47.8 Å². The van der Waals surface area contributed by atoms with Gasteiger partial charge in [0.2, 0.25) is 0 Å². The molecule has 3 aromatic rings. The van der Waals surface area contributed by atoms with E-state index >= 15 is 0 Å². The number of hydrogen-bond acceptors (Lipinski definition) is 4. The van der Waals surface area contributed by atoms with Crippen LogP contribution in [0, 0.1) is 5.92 Å². The van der Waals surface area contributed by atoms with Crippen LogP contribution < -0.4 is 15.8 Å². The van der Waals surface area contributed by atoms with Crippen LogP contribution in [0.2, 0.25) is 0 Å². The Morgan fingerprint density at radius 2 is 1.70 bits per heavy atom. The summed E-state index contributed by atoms with van der Waals surface area (Å²) in [6.45, 7) is 0. The molecule has 37 heavy (non-hydrogen) atoms. The van der Waals surface area contributed by atoms with Crippen molar-refractivity contribution in [2.75, 3.05) is 0 Å². The fourth-order valence-electron chi connectivity index (χ4n) is 5.58. The van der Waals surface area contributed by atoms with Gasteiger partial charge in [0.05, 0.1) is 4.90 Å². The number of hydrogen-bond donors (Lipinski definition) is 1. The van der Waals surface area contributed by atoms with Crippen molar-refractivity contribution in [2.45, 2.75) is 23.7 Å². The van der Waals surface area contributed by atoms with E-state index in [1.54, 1.807) is 0 Å². The van der Waals surface area contributed by atoms with Gasteiger partial charge in [0.15, 0.2) is 5.78 Å². The SMILES string of the molecule is O=C(c1ccc(S(=O)(=O)F)cc1)C1C=c2c(ccc3c2=CCc2ccccc2-3)C(C2=CC=CC=CN2)C1. The van der Waals surface area contributed by atoms with Crippen molar-refractivity contribution >= 4 is 28.2 Å². The number of rotatable bonds is 4. The number of carbonyl (C=O) groups is 1. The van der Waals surface area contributed by atoms with E-state index in [0.29, 0.717) is 12.0 Å². The Labute approximate surface area is 215 Å². The highest BCUT2D eigenvalue weighted by atomic mass is 32.3. The minimum Gasteiger partial charge on any atom is -0.364 e. The predicted molar refractivity (Wildman–Crippen MR) is 143 cm³/mol. The van der Waals surface area contributed by atoms with Crippen molar-refractivity contribution in [3.63, 3.8) is 0 Å². The van der Waals surface area contributed by atoms with Gasteiger partial charge in [0, 0.05) is 29.3 Å². The zero-order valence-electron chi connectivity index (χ0n) is 19.9. The molecule has 0 saturated heterocycles. The van der Waals surface area contributed by atoms with E-state index in [1.165, 1.54) is 28.8 Å². The van der Waals surface area contributed by atoms with Crippen LogP contribution in [-0.2, 0) is 16.6 Å². The summed E-state index contributed by atoms with van der Waals surface area (Å²) in [5, 5.41) is 5.58. The maximum Gasteiger partial charge on any atom is 0.332 e. The second-order valence-corrected chi connectivity index (χ2v) is 10.8. The van der Waals surface area contributed by atoms with E-state index in [0.717, 1.165) is 40.3 Å². The standard InChI is InChI=1S/C31H24FNO3S/c32-37(35,36)23-12-9-21(10-13-23)31(34)22-18-28-26-14-11-20-6-3-4-7-24(20)25(26)15-16-27(28)29(19-22)30-8-2-1-5-17-33-30/h1-10,12-18,22,29,33H,11,19H2. The van der Waals surface area contributed by atoms with Crippen LogP contribution in [0.5, 0.6) is 0 Å². The summed E-state index contributed by atoms with van der Waals surface area (Å²) in [6.07, 6.45) is 15.5. The molecule has 1 heterocycles.